The SMILES string of the molecule is CN(c1ccncn1)C1CCN(CCN2CCCCC2)CC1. The molecule has 2 aliphatic rings. The summed E-state index contributed by atoms with van der Waals surface area (Å²) in [4.78, 5) is 16.0. The van der Waals surface area contributed by atoms with Crippen LogP contribution in [0.2, 0.25) is 0 Å². The number of nitrogens with zero attached hydrogens (tertiary/aromatic N) is 5. The first-order chi connectivity index (χ1) is 10.8. The first kappa shape index (κ1) is 15.7. The molecule has 3 heterocycles. The lowest BCUT2D eigenvalue weighted by Crippen LogP contribution is -2.46. The second-order valence-corrected chi connectivity index (χ2v) is 6.65. The van der Waals surface area contributed by atoms with Crippen molar-refractivity contribution in [3.05, 3.63) is 18.6 Å². The topological polar surface area (TPSA) is 35.5 Å². The average molecular weight is 303 g/mol. The van der Waals surface area contributed by atoms with E-state index in [9.17, 15) is 0 Å². The molecule has 0 aliphatic carbocycles. The van der Waals surface area contributed by atoms with Crippen molar-refractivity contribution in [2.45, 2.75) is 38.1 Å². The molecule has 0 aromatic carbocycles. The van der Waals surface area contributed by atoms with Gasteiger partial charge < -0.3 is 14.7 Å². The zero-order chi connectivity index (χ0) is 15.2. The molecule has 0 spiro atoms. The van der Waals surface area contributed by atoms with Crippen LogP contribution in [-0.2, 0) is 0 Å². The minimum atomic E-state index is 0.612. The van der Waals surface area contributed by atoms with E-state index in [2.05, 4.69) is 31.7 Å². The lowest BCUT2D eigenvalue weighted by molar-refractivity contribution is 0.159. The van der Waals surface area contributed by atoms with Crippen LogP contribution >= 0.6 is 0 Å². The lowest BCUT2D eigenvalue weighted by atomic mass is 10.0. The molecule has 0 amide bonds. The summed E-state index contributed by atoms with van der Waals surface area (Å²) < 4.78 is 0. The standard InChI is InChI=1S/C17H29N5/c1-20(17-5-8-18-15-19-17)16-6-11-22(12-7-16)14-13-21-9-3-2-4-10-21/h5,8,15-16H,2-4,6-7,9-14H2,1H3. The molecular formula is C17H29N5. The van der Waals surface area contributed by atoms with Gasteiger partial charge >= 0.3 is 0 Å². The van der Waals surface area contributed by atoms with Gasteiger partial charge in [-0.3, -0.25) is 0 Å². The average Bonchev–Trinajstić information content (AvgIpc) is 2.61. The Morgan fingerprint density at radius 1 is 1.05 bits per heavy atom. The molecule has 0 saturated carbocycles. The number of hydrogen-bond acceptors (Lipinski definition) is 5. The number of hydrogen-bond donors (Lipinski definition) is 0. The fourth-order valence-corrected chi connectivity index (χ4v) is 3.68. The molecule has 0 unspecified atom stereocenters. The predicted octanol–water partition coefficient (Wildman–Crippen LogP) is 1.86. The van der Waals surface area contributed by atoms with Gasteiger partial charge in [0.25, 0.3) is 0 Å². The van der Waals surface area contributed by atoms with Crippen molar-refractivity contribution in [2.75, 3.05) is 51.2 Å². The number of anilines is 1. The van der Waals surface area contributed by atoms with Gasteiger partial charge in [-0.25, -0.2) is 9.97 Å². The second-order valence-electron chi connectivity index (χ2n) is 6.65. The van der Waals surface area contributed by atoms with Crippen LogP contribution in [-0.4, -0.2) is 72.1 Å². The fraction of sp³-hybridized carbons (Fsp3) is 0.765. The molecule has 2 saturated heterocycles. The first-order valence-electron chi connectivity index (χ1n) is 8.76. The molecule has 5 nitrogen and oxygen atoms in total. The van der Waals surface area contributed by atoms with Crippen LogP contribution in [0, 0.1) is 0 Å². The zero-order valence-electron chi connectivity index (χ0n) is 13.8. The summed E-state index contributed by atoms with van der Waals surface area (Å²) in [5.74, 6) is 1.04. The minimum absolute atomic E-state index is 0.612. The molecule has 22 heavy (non-hydrogen) atoms. The van der Waals surface area contributed by atoms with Gasteiger partial charge in [-0.15, -0.1) is 0 Å². The summed E-state index contributed by atoms with van der Waals surface area (Å²) in [6, 6.07) is 2.61. The molecule has 1 aromatic rings. The third-order valence-corrected chi connectivity index (χ3v) is 5.21. The molecule has 2 aliphatic heterocycles. The third kappa shape index (κ3) is 4.17. The Kier molecular flexibility index (Phi) is 5.62. The molecule has 0 radical (unpaired) electrons. The second kappa shape index (κ2) is 7.88. The van der Waals surface area contributed by atoms with Crippen LogP contribution in [0.3, 0.4) is 0 Å². The Balaban J connectivity index is 1.40. The van der Waals surface area contributed by atoms with Crippen LogP contribution in [0.5, 0.6) is 0 Å². The van der Waals surface area contributed by atoms with Gasteiger partial charge in [0.2, 0.25) is 0 Å². The Labute approximate surface area is 134 Å². The quantitative estimate of drug-likeness (QED) is 0.830. The number of likely N-dealkylation sites (tertiary alicyclic amines) is 2. The zero-order valence-corrected chi connectivity index (χ0v) is 13.8. The van der Waals surface area contributed by atoms with Gasteiger partial charge in [-0.05, 0) is 44.8 Å². The van der Waals surface area contributed by atoms with Crippen LogP contribution in [0.4, 0.5) is 5.82 Å². The highest BCUT2D eigenvalue weighted by molar-refractivity contribution is 5.36. The van der Waals surface area contributed by atoms with Crippen LogP contribution < -0.4 is 4.90 Å². The predicted molar refractivity (Wildman–Crippen MR) is 90.2 cm³/mol. The first-order valence-corrected chi connectivity index (χ1v) is 8.76. The Hall–Kier alpha value is -1.20. The lowest BCUT2D eigenvalue weighted by Gasteiger charge is -2.38. The van der Waals surface area contributed by atoms with Gasteiger partial charge in [0, 0.05) is 45.5 Å². The summed E-state index contributed by atoms with van der Waals surface area (Å²) >= 11 is 0. The maximum atomic E-state index is 4.36. The Morgan fingerprint density at radius 3 is 2.36 bits per heavy atom. The summed E-state index contributed by atoms with van der Waals surface area (Å²) in [5, 5.41) is 0. The van der Waals surface area contributed by atoms with Crippen molar-refractivity contribution in [2.24, 2.45) is 0 Å². The fourth-order valence-electron chi connectivity index (χ4n) is 3.68. The number of rotatable bonds is 5. The normalized spacial score (nSPS) is 21.9. The summed E-state index contributed by atoms with van der Waals surface area (Å²) in [6.07, 6.45) is 10.2. The van der Waals surface area contributed by atoms with E-state index in [1.807, 2.05) is 12.3 Å². The molecule has 0 N–H and O–H groups in total. The van der Waals surface area contributed by atoms with Gasteiger partial charge in [0.1, 0.15) is 12.1 Å². The van der Waals surface area contributed by atoms with E-state index in [1.54, 1.807) is 6.33 Å². The molecular weight excluding hydrogens is 274 g/mol. The largest absolute Gasteiger partial charge is 0.356 e. The summed E-state index contributed by atoms with van der Waals surface area (Å²) in [7, 11) is 2.16. The highest BCUT2D eigenvalue weighted by Crippen LogP contribution is 2.20. The van der Waals surface area contributed by atoms with E-state index in [0.717, 1.165) is 5.82 Å². The van der Waals surface area contributed by atoms with Gasteiger partial charge in [-0.1, -0.05) is 6.42 Å². The molecule has 122 valence electrons. The number of piperidine rings is 2. The van der Waals surface area contributed by atoms with Crippen LogP contribution in [0.1, 0.15) is 32.1 Å². The van der Waals surface area contributed by atoms with E-state index < -0.39 is 0 Å². The highest BCUT2D eigenvalue weighted by atomic mass is 15.2. The van der Waals surface area contributed by atoms with Crippen molar-refractivity contribution in [1.29, 1.82) is 0 Å². The van der Waals surface area contributed by atoms with Crippen molar-refractivity contribution >= 4 is 5.82 Å². The molecule has 2 fully saturated rings. The van der Waals surface area contributed by atoms with E-state index in [-0.39, 0.29) is 0 Å². The summed E-state index contributed by atoms with van der Waals surface area (Å²) in [6.45, 7) is 7.55. The smallest absolute Gasteiger partial charge is 0.131 e. The van der Waals surface area contributed by atoms with E-state index in [4.69, 9.17) is 0 Å². The Morgan fingerprint density at radius 2 is 1.73 bits per heavy atom. The van der Waals surface area contributed by atoms with Crippen molar-refractivity contribution in [1.82, 2.24) is 19.8 Å². The molecule has 1 aromatic heterocycles. The van der Waals surface area contributed by atoms with Crippen molar-refractivity contribution in [3.8, 4) is 0 Å². The third-order valence-electron chi connectivity index (χ3n) is 5.21. The molecule has 5 heteroatoms. The van der Waals surface area contributed by atoms with Crippen LogP contribution in [0.25, 0.3) is 0 Å². The van der Waals surface area contributed by atoms with Gasteiger partial charge in [0.15, 0.2) is 0 Å². The number of aromatic nitrogens is 2. The maximum Gasteiger partial charge on any atom is 0.131 e. The van der Waals surface area contributed by atoms with Gasteiger partial charge in [-0.2, -0.15) is 0 Å². The molecule has 0 atom stereocenters. The van der Waals surface area contributed by atoms with Crippen LogP contribution in [0.15, 0.2) is 18.6 Å². The van der Waals surface area contributed by atoms with E-state index in [0.29, 0.717) is 6.04 Å². The molecule has 3 rings (SSSR count). The Bertz CT molecular complexity index is 424. The van der Waals surface area contributed by atoms with E-state index in [1.165, 1.54) is 71.4 Å². The van der Waals surface area contributed by atoms with Crippen molar-refractivity contribution < 1.29 is 0 Å². The minimum Gasteiger partial charge on any atom is -0.356 e. The molecule has 0 bridgehead atoms. The maximum absolute atomic E-state index is 4.36. The summed E-state index contributed by atoms with van der Waals surface area (Å²) in [5.41, 5.74) is 0. The monoisotopic (exact) mass is 303 g/mol. The van der Waals surface area contributed by atoms with Crippen molar-refractivity contribution in [3.63, 3.8) is 0 Å². The van der Waals surface area contributed by atoms with Gasteiger partial charge in [0.05, 0.1) is 0 Å². The van der Waals surface area contributed by atoms with E-state index >= 15 is 0 Å². The highest BCUT2D eigenvalue weighted by Gasteiger charge is 2.23.